The first-order valence-corrected chi connectivity index (χ1v) is 14.0. The van der Waals surface area contributed by atoms with Crippen LogP contribution in [0, 0.1) is 50.2 Å². The number of fused-ring (bicyclic) bond motifs is 7. The Balaban J connectivity index is 1.58. The molecule has 0 N–H and O–H groups in total. The van der Waals surface area contributed by atoms with Crippen molar-refractivity contribution in [2.45, 2.75) is 113 Å². The summed E-state index contributed by atoms with van der Waals surface area (Å²) in [7, 11) is 1.45. The molecule has 4 fully saturated rings. The van der Waals surface area contributed by atoms with Gasteiger partial charge < -0.3 is 4.74 Å². The summed E-state index contributed by atoms with van der Waals surface area (Å²) in [5.74, 6) is 1.07. The first kappa shape index (κ1) is 24.6. The zero-order chi connectivity index (χ0) is 24.9. The predicted octanol–water partition coefficient (Wildman–Crippen LogP) is 7.53. The highest BCUT2D eigenvalue weighted by Crippen LogP contribution is 2.75. The number of ether oxygens (including phenoxy) is 1. The Bertz CT molecular complexity index is 936. The van der Waals surface area contributed by atoms with Gasteiger partial charge in [0.2, 0.25) is 0 Å². The van der Waals surface area contributed by atoms with E-state index in [9.17, 15) is 9.59 Å². The van der Waals surface area contributed by atoms with Crippen molar-refractivity contribution in [3.63, 3.8) is 0 Å². The van der Waals surface area contributed by atoms with E-state index < -0.39 is 5.41 Å². The minimum Gasteiger partial charge on any atom is -0.468 e. The molecular weight excluding hydrogens is 420 g/mol. The van der Waals surface area contributed by atoms with Gasteiger partial charge in [0, 0.05) is 6.42 Å². The van der Waals surface area contributed by atoms with Crippen molar-refractivity contribution < 1.29 is 14.3 Å². The Morgan fingerprint density at radius 1 is 0.912 bits per heavy atom. The van der Waals surface area contributed by atoms with Crippen LogP contribution in [0.2, 0.25) is 0 Å². The fourth-order valence-electron chi connectivity index (χ4n) is 10.5. The molecule has 0 aromatic heterocycles. The molecule has 4 saturated carbocycles. The van der Waals surface area contributed by atoms with E-state index >= 15 is 0 Å². The second-order valence-electron chi connectivity index (χ2n) is 15.0. The predicted molar refractivity (Wildman–Crippen MR) is 136 cm³/mol. The van der Waals surface area contributed by atoms with Crippen LogP contribution in [0.25, 0.3) is 0 Å². The summed E-state index contributed by atoms with van der Waals surface area (Å²) in [5, 5.41) is 0. The molecule has 0 aromatic carbocycles. The van der Waals surface area contributed by atoms with Crippen LogP contribution in [0.1, 0.15) is 113 Å². The SMILES string of the molecule is COC(=O)[C@@]1(C)C(=O)CC[C@]2(C)[C@H]3CC=C4[C@@H]5CC(C)(C)CC[C@]5(C)CC[C@@]4(C)[C@]3(C)CC[C@@H]12. The van der Waals surface area contributed by atoms with Gasteiger partial charge in [-0.3, -0.25) is 9.59 Å². The van der Waals surface area contributed by atoms with Gasteiger partial charge in [0.15, 0.2) is 0 Å². The average Bonchev–Trinajstić information content (AvgIpc) is 2.77. The van der Waals surface area contributed by atoms with Gasteiger partial charge in [-0.25, -0.2) is 0 Å². The minimum absolute atomic E-state index is 0.0124. The second kappa shape index (κ2) is 7.22. The van der Waals surface area contributed by atoms with E-state index in [1.807, 2.05) is 6.92 Å². The molecule has 5 aliphatic carbocycles. The van der Waals surface area contributed by atoms with Gasteiger partial charge >= 0.3 is 5.97 Å². The molecule has 0 amide bonds. The van der Waals surface area contributed by atoms with Crippen molar-refractivity contribution in [2.24, 2.45) is 50.2 Å². The smallest absolute Gasteiger partial charge is 0.319 e. The van der Waals surface area contributed by atoms with Gasteiger partial charge in [-0.05, 0) is 110 Å². The maximum Gasteiger partial charge on any atom is 0.319 e. The number of hydrogen-bond donors (Lipinski definition) is 0. The average molecular weight is 469 g/mol. The van der Waals surface area contributed by atoms with Gasteiger partial charge in [-0.2, -0.15) is 0 Å². The lowest BCUT2D eigenvalue weighted by molar-refractivity contribution is -0.197. The molecule has 0 unspecified atom stereocenters. The van der Waals surface area contributed by atoms with E-state index in [0.29, 0.717) is 29.1 Å². The minimum atomic E-state index is -0.994. The van der Waals surface area contributed by atoms with Gasteiger partial charge in [0.05, 0.1) is 7.11 Å². The Morgan fingerprint density at radius 3 is 2.26 bits per heavy atom. The van der Waals surface area contributed by atoms with Crippen molar-refractivity contribution in [3.8, 4) is 0 Å². The van der Waals surface area contributed by atoms with Crippen LogP contribution < -0.4 is 0 Å². The lowest BCUT2D eigenvalue weighted by atomic mass is 9.33. The normalized spacial score (nSPS) is 51.8. The third-order valence-corrected chi connectivity index (χ3v) is 13.1. The Morgan fingerprint density at radius 2 is 1.59 bits per heavy atom. The molecular formula is C31H48O3. The molecule has 190 valence electrons. The van der Waals surface area contributed by atoms with Gasteiger partial charge in [0.25, 0.3) is 0 Å². The summed E-state index contributed by atoms with van der Waals surface area (Å²) < 4.78 is 5.24. The molecule has 5 rings (SSSR count). The molecule has 34 heavy (non-hydrogen) atoms. The fraction of sp³-hybridized carbons (Fsp3) is 0.871. The summed E-state index contributed by atoms with van der Waals surface area (Å²) in [5.41, 5.74) is 2.07. The van der Waals surface area contributed by atoms with Crippen LogP contribution in [0.5, 0.6) is 0 Å². The van der Waals surface area contributed by atoms with Crippen molar-refractivity contribution in [2.75, 3.05) is 7.11 Å². The highest BCUT2D eigenvalue weighted by molar-refractivity contribution is 6.04. The monoisotopic (exact) mass is 468 g/mol. The molecule has 5 aliphatic rings. The van der Waals surface area contributed by atoms with Crippen molar-refractivity contribution in [1.82, 2.24) is 0 Å². The number of ketones is 1. The van der Waals surface area contributed by atoms with E-state index in [-0.39, 0.29) is 33.9 Å². The molecule has 0 radical (unpaired) electrons. The van der Waals surface area contributed by atoms with Gasteiger partial charge in [-0.1, -0.05) is 53.2 Å². The maximum atomic E-state index is 13.2. The zero-order valence-electron chi connectivity index (χ0n) is 23.1. The standard InChI is InChI=1S/C31H48O3/c1-26(2)15-16-27(3)17-18-29(5)20(21(27)19-26)9-10-22-28(4)13-12-24(32)31(7,25(33)34-8)23(28)11-14-30(22,29)6/h9,21-23H,10-19H2,1-8H3/t21-,22+,23+,27+,28+,29+,30+,31+/m0/s1. The number of Topliss-reactive ketones (excluding diaryl/α,β-unsaturated/α-hetero) is 1. The quantitative estimate of drug-likeness (QED) is 0.227. The van der Waals surface area contributed by atoms with E-state index in [1.165, 1.54) is 39.2 Å². The van der Waals surface area contributed by atoms with E-state index in [4.69, 9.17) is 4.74 Å². The van der Waals surface area contributed by atoms with E-state index in [2.05, 4.69) is 47.6 Å². The number of esters is 1. The van der Waals surface area contributed by atoms with Crippen LogP contribution in [0.3, 0.4) is 0 Å². The van der Waals surface area contributed by atoms with Gasteiger partial charge in [0.1, 0.15) is 11.2 Å². The Labute approximate surface area is 207 Å². The van der Waals surface area contributed by atoms with Crippen molar-refractivity contribution >= 4 is 11.8 Å². The van der Waals surface area contributed by atoms with E-state index in [1.54, 1.807) is 5.57 Å². The lowest BCUT2D eigenvalue weighted by Gasteiger charge is -2.70. The Hall–Kier alpha value is -1.12. The van der Waals surface area contributed by atoms with Gasteiger partial charge in [-0.15, -0.1) is 0 Å². The molecule has 0 heterocycles. The van der Waals surface area contributed by atoms with Crippen LogP contribution in [0.15, 0.2) is 11.6 Å². The Kier molecular flexibility index (Phi) is 5.22. The van der Waals surface area contributed by atoms with Crippen LogP contribution >= 0.6 is 0 Å². The molecule has 3 nitrogen and oxygen atoms in total. The molecule has 0 aliphatic heterocycles. The molecule has 8 atom stereocenters. The second-order valence-corrected chi connectivity index (χ2v) is 15.0. The largest absolute Gasteiger partial charge is 0.468 e. The summed E-state index contributed by atoms with van der Waals surface area (Å²) in [4.78, 5) is 26.2. The zero-order valence-corrected chi connectivity index (χ0v) is 23.1. The third kappa shape index (κ3) is 2.88. The molecule has 3 heteroatoms. The third-order valence-electron chi connectivity index (χ3n) is 13.1. The van der Waals surface area contributed by atoms with Crippen LogP contribution in [-0.2, 0) is 14.3 Å². The summed E-state index contributed by atoms with van der Waals surface area (Å²) >= 11 is 0. The molecule has 0 spiro atoms. The molecule has 0 saturated heterocycles. The molecule has 0 aromatic rings. The number of allylic oxidation sites excluding steroid dienone is 2. The number of hydrogen-bond acceptors (Lipinski definition) is 3. The molecule has 0 bridgehead atoms. The van der Waals surface area contributed by atoms with Crippen LogP contribution in [0.4, 0.5) is 0 Å². The van der Waals surface area contributed by atoms with Crippen molar-refractivity contribution in [3.05, 3.63) is 11.6 Å². The lowest BCUT2D eigenvalue weighted by Crippen LogP contribution is -2.65. The fourth-order valence-corrected chi connectivity index (χ4v) is 10.5. The highest BCUT2D eigenvalue weighted by atomic mass is 16.5. The number of rotatable bonds is 1. The maximum absolute atomic E-state index is 13.2. The topological polar surface area (TPSA) is 43.4 Å². The summed E-state index contributed by atoms with van der Waals surface area (Å²) in [6, 6.07) is 0. The summed E-state index contributed by atoms with van der Waals surface area (Å²) in [6.07, 6.45) is 13.9. The van der Waals surface area contributed by atoms with E-state index in [0.717, 1.165) is 25.7 Å². The number of carbonyl (C=O) groups excluding carboxylic acids is 2. The van der Waals surface area contributed by atoms with Crippen LogP contribution in [-0.4, -0.2) is 18.9 Å². The number of methoxy groups -OCH3 is 1. The first-order chi connectivity index (χ1) is 15.7. The number of carbonyl (C=O) groups is 2. The highest BCUT2D eigenvalue weighted by Gasteiger charge is 2.69. The summed E-state index contributed by atoms with van der Waals surface area (Å²) in [6.45, 7) is 17.0. The first-order valence-electron chi connectivity index (χ1n) is 14.0. The van der Waals surface area contributed by atoms with Crippen molar-refractivity contribution in [1.29, 1.82) is 0 Å².